The zero-order valence-corrected chi connectivity index (χ0v) is 8.06. The molecule has 1 atom stereocenters. The van der Waals surface area contributed by atoms with E-state index in [-0.39, 0.29) is 5.60 Å². The van der Waals surface area contributed by atoms with Crippen molar-refractivity contribution in [3.8, 4) is 0 Å². The summed E-state index contributed by atoms with van der Waals surface area (Å²) in [5.41, 5.74) is -0.0538. The molecule has 1 heterocycles. The summed E-state index contributed by atoms with van der Waals surface area (Å²) in [6.45, 7) is 5.32. The third-order valence-corrected chi connectivity index (χ3v) is 2.24. The molecule has 1 rings (SSSR count). The van der Waals surface area contributed by atoms with Crippen LogP contribution in [0.2, 0.25) is 0 Å². The van der Waals surface area contributed by atoms with Crippen molar-refractivity contribution in [1.82, 2.24) is 5.32 Å². The Morgan fingerprint density at radius 2 is 2.42 bits per heavy atom. The Hall–Kier alpha value is -0.120. The van der Waals surface area contributed by atoms with E-state index in [9.17, 15) is 0 Å². The molecule has 0 saturated carbocycles. The number of rotatable bonds is 4. The average molecular weight is 173 g/mol. The molecule has 0 bridgehead atoms. The lowest BCUT2D eigenvalue weighted by Gasteiger charge is -2.36. The van der Waals surface area contributed by atoms with E-state index >= 15 is 0 Å². The summed E-state index contributed by atoms with van der Waals surface area (Å²) in [4.78, 5) is 0. The third-order valence-electron chi connectivity index (χ3n) is 2.24. The Kier molecular flexibility index (Phi) is 3.98. The molecule has 0 radical (unpaired) electrons. The van der Waals surface area contributed by atoms with Crippen molar-refractivity contribution in [2.24, 2.45) is 0 Å². The van der Waals surface area contributed by atoms with Gasteiger partial charge in [0.25, 0.3) is 0 Å². The van der Waals surface area contributed by atoms with Crippen molar-refractivity contribution in [1.29, 1.82) is 0 Å². The smallest absolute Gasteiger partial charge is 0.104 e. The molecule has 1 unspecified atom stereocenters. The van der Waals surface area contributed by atoms with Gasteiger partial charge < -0.3 is 14.8 Å². The van der Waals surface area contributed by atoms with Crippen LogP contribution in [-0.2, 0) is 9.47 Å². The van der Waals surface area contributed by atoms with Gasteiger partial charge in [-0.05, 0) is 26.8 Å². The fourth-order valence-electron chi connectivity index (χ4n) is 1.76. The molecule has 1 aliphatic rings. The zero-order valence-electron chi connectivity index (χ0n) is 8.06. The van der Waals surface area contributed by atoms with Crippen molar-refractivity contribution >= 4 is 0 Å². The molecule has 3 heteroatoms. The van der Waals surface area contributed by atoms with E-state index in [4.69, 9.17) is 9.47 Å². The van der Waals surface area contributed by atoms with Gasteiger partial charge in [0.2, 0.25) is 0 Å². The van der Waals surface area contributed by atoms with E-state index in [1.165, 1.54) is 0 Å². The Labute approximate surface area is 74.4 Å². The Morgan fingerprint density at radius 3 is 2.92 bits per heavy atom. The maximum atomic E-state index is 5.72. The summed E-state index contributed by atoms with van der Waals surface area (Å²) in [7, 11) is 1.95. The van der Waals surface area contributed by atoms with Crippen LogP contribution in [-0.4, -0.2) is 39.0 Å². The molecule has 0 aliphatic carbocycles. The van der Waals surface area contributed by atoms with Crippen molar-refractivity contribution in [3.63, 3.8) is 0 Å². The normalized spacial score (nSPS) is 30.5. The van der Waals surface area contributed by atoms with Gasteiger partial charge in [-0.3, -0.25) is 0 Å². The maximum Gasteiger partial charge on any atom is 0.104 e. The summed E-state index contributed by atoms with van der Waals surface area (Å²) in [6, 6.07) is 0. The first-order valence-corrected chi connectivity index (χ1v) is 4.69. The quantitative estimate of drug-likeness (QED) is 0.682. The van der Waals surface area contributed by atoms with Gasteiger partial charge in [0, 0.05) is 19.8 Å². The minimum atomic E-state index is -0.0538. The number of likely N-dealkylation sites (N-methyl/N-ethyl adjacent to an activating group) is 1. The van der Waals surface area contributed by atoms with Gasteiger partial charge >= 0.3 is 0 Å². The maximum absolute atomic E-state index is 5.72. The number of ether oxygens (including phenoxy) is 2. The fourth-order valence-corrected chi connectivity index (χ4v) is 1.76. The molecule has 12 heavy (non-hydrogen) atoms. The highest BCUT2D eigenvalue weighted by Crippen LogP contribution is 2.22. The molecular weight excluding hydrogens is 154 g/mol. The second-order valence-corrected chi connectivity index (χ2v) is 3.30. The number of hydrogen-bond donors (Lipinski definition) is 1. The molecule has 0 aromatic carbocycles. The third kappa shape index (κ3) is 2.44. The van der Waals surface area contributed by atoms with Crippen LogP contribution in [0.4, 0.5) is 0 Å². The number of nitrogens with one attached hydrogen (secondary N) is 1. The Balaban J connectivity index is 2.44. The molecule has 3 nitrogen and oxygen atoms in total. The SMILES string of the molecule is CCOC1(CNC)CCCOC1. The summed E-state index contributed by atoms with van der Waals surface area (Å²) < 4.78 is 11.1. The molecule has 1 aliphatic heterocycles. The zero-order chi connectivity index (χ0) is 8.86. The summed E-state index contributed by atoms with van der Waals surface area (Å²) in [5, 5.41) is 3.16. The minimum Gasteiger partial charge on any atom is -0.378 e. The van der Waals surface area contributed by atoms with E-state index in [2.05, 4.69) is 5.32 Å². The van der Waals surface area contributed by atoms with Crippen molar-refractivity contribution in [2.75, 3.05) is 33.4 Å². The second kappa shape index (κ2) is 4.80. The van der Waals surface area contributed by atoms with Gasteiger partial charge in [-0.25, -0.2) is 0 Å². The van der Waals surface area contributed by atoms with Crippen LogP contribution in [0.5, 0.6) is 0 Å². The molecule has 0 aromatic heterocycles. The van der Waals surface area contributed by atoms with Crippen LogP contribution >= 0.6 is 0 Å². The van der Waals surface area contributed by atoms with Gasteiger partial charge in [0.1, 0.15) is 5.60 Å². The first-order valence-electron chi connectivity index (χ1n) is 4.69. The van der Waals surface area contributed by atoms with E-state index in [1.54, 1.807) is 0 Å². The second-order valence-electron chi connectivity index (χ2n) is 3.30. The number of hydrogen-bond acceptors (Lipinski definition) is 3. The van der Waals surface area contributed by atoms with Crippen LogP contribution in [0.25, 0.3) is 0 Å². The Bertz CT molecular complexity index is 106. The molecule has 0 amide bonds. The largest absolute Gasteiger partial charge is 0.378 e. The van der Waals surface area contributed by atoms with Crippen LogP contribution in [0.3, 0.4) is 0 Å². The summed E-state index contributed by atoms with van der Waals surface area (Å²) >= 11 is 0. The first-order chi connectivity index (χ1) is 5.83. The monoisotopic (exact) mass is 173 g/mol. The van der Waals surface area contributed by atoms with E-state index < -0.39 is 0 Å². The molecule has 0 spiro atoms. The van der Waals surface area contributed by atoms with Crippen LogP contribution in [0, 0.1) is 0 Å². The molecular formula is C9H19NO2. The van der Waals surface area contributed by atoms with Crippen molar-refractivity contribution < 1.29 is 9.47 Å². The lowest BCUT2D eigenvalue weighted by Crippen LogP contribution is -2.48. The van der Waals surface area contributed by atoms with Gasteiger partial charge in [-0.15, -0.1) is 0 Å². The average Bonchev–Trinajstić information content (AvgIpc) is 2.07. The van der Waals surface area contributed by atoms with Crippen molar-refractivity contribution in [3.05, 3.63) is 0 Å². The highest BCUT2D eigenvalue weighted by molar-refractivity contribution is 4.85. The van der Waals surface area contributed by atoms with Crippen LogP contribution in [0.1, 0.15) is 19.8 Å². The Morgan fingerprint density at radius 1 is 1.58 bits per heavy atom. The lowest BCUT2D eigenvalue weighted by molar-refractivity contribution is -0.122. The predicted molar refractivity (Wildman–Crippen MR) is 48.3 cm³/mol. The topological polar surface area (TPSA) is 30.5 Å². The van der Waals surface area contributed by atoms with E-state index in [1.807, 2.05) is 14.0 Å². The highest BCUT2D eigenvalue weighted by atomic mass is 16.5. The van der Waals surface area contributed by atoms with Gasteiger partial charge in [-0.1, -0.05) is 0 Å². The van der Waals surface area contributed by atoms with Gasteiger partial charge in [-0.2, -0.15) is 0 Å². The van der Waals surface area contributed by atoms with E-state index in [0.29, 0.717) is 0 Å². The first kappa shape index (κ1) is 9.96. The van der Waals surface area contributed by atoms with Crippen molar-refractivity contribution in [2.45, 2.75) is 25.4 Å². The van der Waals surface area contributed by atoms with E-state index in [0.717, 1.165) is 39.2 Å². The van der Waals surface area contributed by atoms with Crippen LogP contribution in [0.15, 0.2) is 0 Å². The molecule has 1 N–H and O–H groups in total. The minimum absolute atomic E-state index is 0.0538. The molecule has 1 fully saturated rings. The summed E-state index contributed by atoms with van der Waals surface area (Å²) in [5.74, 6) is 0. The van der Waals surface area contributed by atoms with Gasteiger partial charge in [0.05, 0.1) is 6.61 Å². The molecule has 72 valence electrons. The predicted octanol–water partition coefficient (Wildman–Crippen LogP) is 0.791. The molecule has 0 aromatic rings. The lowest BCUT2D eigenvalue weighted by atomic mass is 9.96. The summed E-state index contributed by atoms with van der Waals surface area (Å²) in [6.07, 6.45) is 2.23. The molecule has 1 saturated heterocycles. The van der Waals surface area contributed by atoms with Gasteiger partial charge in [0.15, 0.2) is 0 Å². The standard InChI is InChI=1S/C9H19NO2/c1-3-12-9(7-10-2)5-4-6-11-8-9/h10H,3-8H2,1-2H3. The van der Waals surface area contributed by atoms with Crippen LogP contribution < -0.4 is 5.32 Å². The highest BCUT2D eigenvalue weighted by Gasteiger charge is 2.32. The fraction of sp³-hybridized carbons (Fsp3) is 1.00.